The normalized spacial score (nSPS) is 12.0. The Morgan fingerprint density at radius 1 is 0.306 bits per heavy atom. The Morgan fingerprint density at radius 3 is 0.790 bits per heavy atom. The van der Waals surface area contributed by atoms with Gasteiger partial charge in [0.25, 0.3) is 0 Å². The van der Waals surface area contributed by atoms with Crippen LogP contribution in [0.25, 0.3) is 0 Å². The highest BCUT2D eigenvalue weighted by molar-refractivity contribution is 5.71. The van der Waals surface area contributed by atoms with Crippen molar-refractivity contribution in [1.29, 1.82) is 0 Å². The maximum atomic E-state index is 12.8. The summed E-state index contributed by atoms with van der Waals surface area (Å²) in [7, 11) is 0. The van der Waals surface area contributed by atoms with Crippen molar-refractivity contribution in [2.24, 2.45) is 5.92 Å². The first-order valence-corrected chi connectivity index (χ1v) is 27.9. The van der Waals surface area contributed by atoms with Gasteiger partial charge in [-0.1, -0.05) is 278 Å². The summed E-state index contributed by atoms with van der Waals surface area (Å²) in [5, 5.41) is 0. The fourth-order valence-electron chi connectivity index (χ4n) is 8.57. The van der Waals surface area contributed by atoms with Crippen molar-refractivity contribution in [3.8, 4) is 0 Å². The average Bonchev–Trinajstić information content (AvgIpc) is 3.26. The van der Waals surface area contributed by atoms with Crippen LogP contribution >= 0.6 is 0 Å². The Labute approximate surface area is 387 Å². The highest BCUT2D eigenvalue weighted by Gasteiger charge is 2.19. The molecule has 0 aromatic carbocycles. The fourth-order valence-corrected chi connectivity index (χ4v) is 8.57. The first-order valence-electron chi connectivity index (χ1n) is 27.9. The number of ether oxygens (including phenoxy) is 3. The molecule has 6 nitrogen and oxygen atoms in total. The fraction of sp³-hybridized carbons (Fsp3) is 0.946. The Kier molecular flexibility index (Phi) is 49.1. The van der Waals surface area contributed by atoms with Gasteiger partial charge in [-0.15, -0.1) is 0 Å². The zero-order chi connectivity index (χ0) is 45.2. The van der Waals surface area contributed by atoms with E-state index in [1.807, 2.05) is 0 Å². The van der Waals surface area contributed by atoms with Gasteiger partial charge in [0.2, 0.25) is 0 Å². The van der Waals surface area contributed by atoms with Gasteiger partial charge in [-0.2, -0.15) is 0 Å². The lowest BCUT2D eigenvalue weighted by molar-refractivity contribution is -0.167. The zero-order valence-electron chi connectivity index (χ0n) is 42.3. The molecule has 62 heavy (non-hydrogen) atoms. The standard InChI is InChI=1S/C56H108O6/c1-5-7-9-11-13-15-17-19-20-21-22-23-24-26-27-31-35-39-43-47-54(57)60-50-53(51-61-55(58)48-44-40-36-33-29-30-34-38-42-46-52(3)4)62-56(59)49-45-41-37-32-28-25-18-16-14-12-10-8-6-2/h52-53H,5-51H2,1-4H3/t53-/m0/s1. The summed E-state index contributed by atoms with van der Waals surface area (Å²) in [5.41, 5.74) is 0. The van der Waals surface area contributed by atoms with Gasteiger partial charge in [0.1, 0.15) is 13.2 Å². The van der Waals surface area contributed by atoms with Crippen LogP contribution in [-0.4, -0.2) is 37.2 Å². The molecule has 0 saturated carbocycles. The molecule has 0 aromatic heterocycles. The van der Waals surface area contributed by atoms with E-state index >= 15 is 0 Å². The minimum Gasteiger partial charge on any atom is -0.462 e. The average molecular weight is 877 g/mol. The van der Waals surface area contributed by atoms with Crippen LogP contribution < -0.4 is 0 Å². The Morgan fingerprint density at radius 2 is 0.532 bits per heavy atom. The molecule has 368 valence electrons. The third-order valence-corrected chi connectivity index (χ3v) is 12.8. The van der Waals surface area contributed by atoms with Crippen molar-refractivity contribution < 1.29 is 28.6 Å². The highest BCUT2D eigenvalue weighted by atomic mass is 16.6. The predicted octanol–water partition coefficient (Wildman–Crippen LogP) is 18.2. The molecule has 0 heterocycles. The van der Waals surface area contributed by atoms with Gasteiger partial charge < -0.3 is 14.2 Å². The maximum absolute atomic E-state index is 12.8. The third kappa shape index (κ3) is 49.4. The van der Waals surface area contributed by atoms with Crippen molar-refractivity contribution in [3.63, 3.8) is 0 Å². The summed E-state index contributed by atoms with van der Waals surface area (Å²) >= 11 is 0. The molecule has 0 aliphatic carbocycles. The number of hydrogen-bond acceptors (Lipinski definition) is 6. The molecule has 0 saturated heterocycles. The number of esters is 3. The number of rotatable bonds is 51. The summed E-state index contributed by atoms with van der Waals surface area (Å²) in [4.78, 5) is 38.0. The summed E-state index contributed by atoms with van der Waals surface area (Å²) in [6.45, 7) is 9.02. The van der Waals surface area contributed by atoms with Gasteiger partial charge in [0, 0.05) is 19.3 Å². The summed E-state index contributed by atoms with van der Waals surface area (Å²) in [5.74, 6) is -0.0321. The van der Waals surface area contributed by atoms with Crippen molar-refractivity contribution in [3.05, 3.63) is 0 Å². The van der Waals surface area contributed by atoms with Crippen LogP contribution in [0.4, 0.5) is 0 Å². The smallest absolute Gasteiger partial charge is 0.306 e. The molecular formula is C56H108O6. The number of hydrogen-bond donors (Lipinski definition) is 0. The summed E-state index contributed by atoms with van der Waals surface area (Å²) in [6.07, 6.45) is 53.8. The molecule has 0 aliphatic heterocycles. The van der Waals surface area contributed by atoms with E-state index < -0.39 is 6.10 Å². The van der Waals surface area contributed by atoms with Gasteiger partial charge in [0.15, 0.2) is 6.10 Å². The van der Waals surface area contributed by atoms with Crippen LogP contribution in [0.1, 0.15) is 317 Å². The molecule has 0 N–H and O–H groups in total. The first-order chi connectivity index (χ1) is 30.4. The summed E-state index contributed by atoms with van der Waals surface area (Å²) < 4.78 is 16.8. The topological polar surface area (TPSA) is 78.9 Å². The van der Waals surface area contributed by atoms with Crippen LogP contribution in [0.2, 0.25) is 0 Å². The van der Waals surface area contributed by atoms with E-state index in [4.69, 9.17) is 14.2 Å². The van der Waals surface area contributed by atoms with E-state index in [0.717, 1.165) is 63.7 Å². The van der Waals surface area contributed by atoms with Crippen LogP contribution in [0, 0.1) is 5.92 Å². The minimum absolute atomic E-state index is 0.0624. The van der Waals surface area contributed by atoms with E-state index in [2.05, 4.69) is 27.7 Å². The summed E-state index contributed by atoms with van der Waals surface area (Å²) in [6, 6.07) is 0. The second kappa shape index (κ2) is 50.4. The van der Waals surface area contributed by atoms with Crippen molar-refractivity contribution in [2.45, 2.75) is 323 Å². The Balaban J connectivity index is 4.25. The van der Waals surface area contributed by atoms with Gasteiger partial charge in [-0.05, 0) is 25.2 Å². The van der Waals surface area contributed by atoms with E-state index in [-0.39, 0.29) is 31.1 Å². The van der Waals surface area contributed by atoms with Gasteiger partial charge >= 0.3 is 17.9 Å². The lowest BCUT2D eigenvalue weighted by Gasteiger charge is -2.18. The Hall–Kier alpha value is -1.59. The monoisotopic (exact) mass is 877 g/mol. The van der Waals surface area contributed by atoms with Crippen LogP contribution in [0.3, 0.4) is 0 Å². The van der Waals surface area contributed by atoms with Crippen molar-refractivity contribution in [1.82, 2.24) is 0 Å². The van der Waals surface area contributed by atoms with E-state index in [9.17, 15) is 14.4 Å². The number of unbranched alkanes of at least 4 members (excludes halogenated alkanes) is 38. The van der Waals surface area contributed by atoms with Crippen LogP contribution in [0.15, 0.2) is 0 Å². The molecule has 0 aromatic rings. The van der Waals surface area contributed by atoms with E-state index in [1.54, 1.807) is 0 Å². The molecule has 0 amide bonds. The van der Waals surface area contributed by atoms with Gasteiger partial charge in [-0.25, -0.2) is 0 Å². The maximum Gasteiger partial charge on any atom is 0.306 e. The van der Waals surface area contributed by atoms with Crippen molar-refractivity contribution in [2.75, 3.05) is 13.2 Å². The molecule has 0 radical (unpaired) electrons. The molecule has 0 aliphatic rings. The molecule has 0 rings (SSSR count). The molecular weight excluding hydrogens is 769 g/mol. The third-order valence-electron chi connectivity index (χ3n) is 12.8. The number of carbonyl (C=O) groups is 3. The lowest BCUT2D eigenvalue weighted by Crippen LogP contribution is -2.30. The van der Waals surface area contributed by atoms with Crippen molar-refractivity contribution >= 4 is 17.9 Å². The van der Waals surface area contributed by atoms with Crippen LogP contribution in [-0.2, 0) is 28.6 Å². The second-order valence-electron chi connectivity index (χ2n) is 19.7. The Bertz CT molecular complexity index is 933. The second-order valence-corrected chi connectivity index (χ2v) is 19.7. The molecule has 0 unspecified atom stereocenters. The van der Waals surface area contributed by atoms with Gasteiger partial charge in [0.05, 0.1) is 0 Å². The van der Waals surface area contributed by atoms with Crippen LogP contribution in [0.5, 0.6) is 0 Å². The van der Waals surface area contributed by atoms with E-state index in [1.165, 1.54) is 212 Å². The zero-order valence-corrected chi connectivity index (χ0v) is 42.3. The van der Waals surface area contributed by atoms with E-state index in [0.29, 0.717) is 19.3 Å². The van der Waals surface area contributed by atoms with Gasteiger partial charge in [-0.3, -0.25) is 14.4 Å². The minimum atomic E-state index is -0.761. The molecule has 0 fully saturated rings. The largest absolute Gasteiger partial charge is 0.462 e. The first kappa shape index (κ1) is 60.4. The SMILES string of the molecule is CCCCCCCCCCCCCCCCCCCCCC(=O)OC[C@@H](COC(=O)CCCCCCCCCCCC(C)C)OC(=O)CCCCCCCCCCCCCCC. The molecule has 0 spiro atoms. The quantitative estimate of drug-likeness (QED) is 0.0344. The predicted molar refractivity (Wildman–Crippen MR) is 266 cm³/mol. The molecule has 1 atom stereocenters. The molecule has 0 bridgehead atoms. The lowest BCUT2D eigenvalue weighted by atomic mass is 10.0. The number of carbonyl (C=O) groups excluding carboxylic acids is 3. The molecule has 6 heteroatoms. The highest BCUT2D eigenvalue weighted by Crippen LogP contribution is 2.18.